The number of carbonyl (C=O) groups is 2. The minimum Gasteiger partial charge on any atom is -0.320 e. The summed E-state index contributed by atoms with van der Waals surface area (Å²) < 4.78 is 0. The van der Waals surface area contributed by atoms with Gasteiger partial charge in [-0.3, -0.25) is 9.59 Å². The Balaban J connectivity index is 2.29. The molecule has 90 valence electrons. The van der Waals surface area contributed by atoms with Crippen LogP contribution in [0.25, 0.3) is 0 Å². The van der Waals surface area contributed by atoms with Crippen LogP contribution in [0.1, 0.15) is 25.3 Å². The van der Waals surface area contributed by atoms with Crippen molar-refractivity contribution in [3.05, 3.63) is 29.8 Å². The van der Waals surface area contributed by atoms with Gasteiger partial charge in [0.25, 0.3) is 5.91 Å². The zero-order valence-corrected chi connectivity index (χ0v) is 9.85. The standard InChI is InChI=1S/C13H16N2O2/c1-2-9-3-5-10(6-4-9)15-12(16)8-7-11(14)13(15)17/h3-6,11H,2,7-8,14H2,1H3. The Bertz CT molecular complexity index is 439. The quantitative estimate of drug-likeness (QED) is 0.780. The van der Waals surface area contributed by atoms with Crippen LogP contribution in [-0.4, -0.2) is 17.9 Å². The van der Waals surface area contributed by atoms with Gasteiger partial charge in [-0.25, -0.2) is 4.90 Å². The van der Waals surface area contributed by atoms with Crippen LogP contribution in [-0.2, 0) is 16.0 Å². The van der Waals surface area contributed by atoms with E-state index in [0.29, 0.717) is 18.5 Å². The molecule has 0 spiro atoms. The van der Waals surface area contributed by atoms with E-state index in [4.69, 9.17) is 5.73 Å². The molecule has 4 nitrogen and oxygen atoms in total. The third-order valence-corrected chi connectivity index (χ3v) is 3.06. The normalized spacial score (nSPS) is 20.8. The molecule has 1 aliphatic heterocycles. The zero-order valence-electron chi connectivity index (χ0n) is 9.85. The second-order valence-electron chi connectivity index (χ2n) is 4.23. The highest BCUT2D eigenvalue weighted by Gasteiger charge is 2.32. The number of rotatable bonds is 2. The average molecular weight is 232 g/mol. The van der Waals surface area contributed by atoms with Crippen LogP contribution >= 0.6 is 0 Å². The van der Waals surface area contributed by atoms with E-state index in [1.807, 2.05) is 12.1 Å². The molecule has 0 bridgehead atoms. The van der Waals surface area contributed by atoms with Crippen LogP contribution in [0.4, 0.5) is 5.69 Å². The van der Waals surface area contributed by atoms with Crippen molar-refractivity contribution in [2.24, 2.45) is 5.73 Å². The molecule has 2 N–H and O–H groups in total. The van der Waals surface area contributed by atoms with Crippen LogP contribution in [0.5, 0.6) is 0 Å². The van der Waals surface area contributed by atoms with Gasteiger partial charge in [0.05, 0.1) is 11.7 Å². The fourth-order valence-electron chi connectivity index (χ4n) is 1.95. The first-order chi connectivity index (χ1) is 8.13. The largest absolute Gasteiger partial charge is 0.320 e. The number of imide groups is 1. The summed E-state index contributed by atoms with van der Waals surface area (Å²) in [5.74, 6) is -0.466. The summed E-state index contributed by atoms with van der Waals surface area (Å²) in [6.45, 7) is 2.06. The fourth-order valence-corrected chi connectivity index (χ4v) is 1.95. The topological polar surface area (TPSA) is 63.4 Å². The monoisotopic (exact) mass is 232 g/mol. The van der Waals surface area contributed by atoms with Crippen molar-refractivity contribution in [1.82, 2.24) is 0 Å². The van der Waals surface area contributed by atoms with E-state index in [2.05, 4.69) is 6.92 Å². The maximum atomic E-state index is 11.9. The van der Waals surface area contributed by atoms with Gasteiger partial charge in [0.1, 0.15) is 0 Å². The van der Waals surface area contributed by atoms with Gasteiger partial charge in [0.2, 0.25) is 5.91 Å². The molecule has 0 saturated carbocycles. The fraction of sp³-hybridized carbons (Fsp3) is 0.385. The lowest BCUT2D eigenvalue weighted by Crippen LogP contribution is -2.51. The maximum absolute atomic E-state index is 11.9. The SMILES string of the molecule is CCc1ccc(N2C(=O)CCC(N)C2=O)cc1. The highest BCUT2D eigenvalue weighted by atomic mass is 16.2. The number of nitrogens with two attached hydrogens (primary N) is 1. The minimum atomic E-state index is -0.557. The molecule has 1 heterocycles. The predicted octanol–water partition coefficient (Wildman–Crippen LogP) is 1.23. The summed E-state index contributed by atoms with van der Waals surface area (Å²) in [6, 6.07) is 6.89. The summed E-state index contributed by atoms with van der Waals surface area (Å²) in [5, 5.41) is 0. The Morgan fingerprint density at radius 2 is 1.94 bits per heavy atom. The molecule has 0 radical (unpaired) electrons. The number of piperidine rings is 1. The molecule has 0 aromatic heterocycles. The molecule has 1 saturated heterocycles. The van der Waals surface area contributed by atoms with E-state index < -0.39 is 6.04 Å². The lowest BCUT2D eigenvalue weighted by atomic mass is 10.0. The Morgan fingerprint density at radius 1 is 1.29 bits per heavy atom. The third-order valence-electron chi connectivity index (χ3n) is 3.06. The molecule has 1 aliphatic rings. The van der Waals surface area contributed by atoms with Crippen molar-refractivity contribution in [3.8, 4) is 0 Å². The van der Waals surface area contributed by atoms with Gasteiger partial charge in [-0.15, -0.1) is 0 Å². The molecule has 1 aromatic rings. The molecular formula is C13H16N2O2. The maximum Gasteiger partial charge on any atom is 0.250 e. The lowest BCUT2D eigenvalue weighted by molar-refractivity contribution is -0.130. The van der Waals surface area contributed by atoms with E-state index >= 15 is 0 Å². The van der Waals surface area contributed by atoms with E-state index in [0.717, 1.165) is 6.42 Å². The molecule has 2 rings (SSSR count). The van der Waals surface area contributed by atoms with Crippen molar-refractivity contribution in [1.29, 1.82) is 0 Å². The molecule has 1 unspecified atom stereocenters. The highest BCUT2D eigenvalue weighted by molar-refractivity contribution is 6.18. The number of nitrogens with zero attached hydrogens (tertiary/aromatic N) is 1. The summed E-state index contributed by atoms with van der Waals surface area (Å²) in [4.78, 5) is 24.8. The highest BCUT2D eigenvalue weighted by Crippen LogP contribution is 2.22. The molecule has 1 atom stereocenters. The molecular weight excluding hydrogens is 216 g/mol. The lowest BCUT2D eigenvalue weighted by Gasteiger charge is -2.28. The number of aryl methyl sites for hydroxylation is 1. The van der Waals surface area contributed by atoms with Gasteiger partial charge in [0.15, 0.2) is 0 Å². The Kier molecular flexibility index (Phi) is 3.24. The summed E-state index contributed by atoms with van der Waals surface area (Å²) in [6.07, 6.45) is 1.71. The Hall–Kier alpha value is -1.68. The Morgan fingerprint density at radius 3 is 2.53 bits per heavy atom. The van der Waals surface area contributed by atoms with E-state index in [1.165, 1.54) is 10.5 Å². The number of amides is 2. The molecule has 2 amide bonds. The van der Waals surface area contributed by atoms with Gasteiger partial charge >= 0.3 is 0 Å². The second kappa shape index (κ2) is 4.67. The second-order valence-corrected chi connectivity index (χ2v) is 4.23. The van der Waals surface area contributed by atoms with Crippen molar-refractivity contribution >= 4 is 17.5 Å². The number of carbonyl (C=O) groups excluding carboxylic acids is 2. The molecule has 0 aliphatic carbocycles. The molecule has 1 fully saturated rings. The minimum absolute atomic E-state index is 0.166. The van der Waals surface area contributed by atoms with Gasteiger partial charge in [0, 0.05) is 6.42 Å². The van der Waals surface area contributed by atoms with E-state index in [-0.39, 0.29) is 11.8 Å². The number of benzene rings is 1. The molecule has 1 aromatic carbocycles. The average Bonchev–Trinajstić information content (AvgIpc) is 2.35. The first-order valence-electron chi connectivity index (χ1n) is 5.84. The van der Waals surface area contributed by atoms with Crippen molar-refractivity contribution in [3.63, 3.8) is 0 Å². The predicted molar refractivity (Wildman–Crippen MR) is 65.5 cm³/mol. The van der Waals surface area contributed by atoms with Crippen LogP contribution in [0, 0.1) is 0 Å². The van der Waals surface area contributed by atoms with E-state index in [9.17, 15) is 9.59 Å². The van der Waals surface area contributed by atoms with Gasteiger partial charge in [-0.05, 0) is 30.5 Å². The first-order valence-corrected chi connectivity index (χ1v) is 5.84. The van der Waals surface area contributed by atoms with Crippen molar-refractivity contribution in [2.45, 2.75) is 32.2 Å². The van der Waals surface area contributed by atoms with Crippen LogP contribution in [0.2, 0.25) is 0 Å². The summed E-state index contributed by atoms with van der Waals surface area (Å²) in [5.41, 5.74) is 7.47. The smallest absolute Gasteiger partial charge is 0.250 e. The van der Waals surface area contributed by atoms with Gasteiger partial charge < -0.3 is 5.73 Å². The van der Waals surface area contributed by atoms with Crippen molar-refractivity contribution in [2.75, 3.05) is 4.90 Å². The van der Waals surface area contributed by atoms with Crippen molar-refractivity contribution < 1.29 is 9.59 Å². The molecule has 4 heteroatoms. The first kappa shape index (κ1) is 11.8. The summed E-state index contributed by atoms with van der Waals surface area (Å²) in [7, 11) is 0. The van der Waals surface area contributed by atoms with E-state index in [1.54, 1.807) is 12.1 Å². The van der Waals surface area contributed by atoms with Gasteiger partial charge in [-0.2, -0.15) is 0 Å². The number of hydrogen-bond acceptors (Lipinski definition) is 3. The van der Waals surface area contributed by atoms with Crippen LogP contribution in [0.3, 0.4) is 0 Å². The summed E-state index contributed by atoms with van der Waals surface area (Å²) >= 11 is 0. The Labute approximate surface area is 100 Å². The number of anilines is 1. The van der Waals surface area contributed by atoms with Gasteiger partial charge in [-0.1, -0.05) is 19.1 Å². The van der Waals surface area contributed by atoms with Crippen LogP contribution in [0.15, 0.2) is 24.3 Å². The third kappa shape index (κ3) is 2.22. The zero-order chi connectivity index (χ0) is 12.4. The number of hydrogen-bond donors (Lipinski definition) is 1. The van der Waals surface area contributed by atoms with Crippen LogP contribution < -0.4 is 10.6 Å². The molecule has 17 heavy (non-hydrogen) atoms.